The number of aldehydes is 1. The molecule has 0 unspecified atom stereocenters. The van der Waals surface area contributed by atoms with E-state index in [0.717, 1.165) is 4.47 Å². The summed E-state index contributed by atoms with van der Waals surface area (Å²) in [6, 6.07) is 9.98. The maximum absolute atomic E-state index is 13.9. The smallest absolute Gasteiger partial charge is 0.170 e. The Labute approximate surface area is 116 Å². The summed E-state index contributed by atoms with van der Waals surface area (Å²) < 4.78 is 16.3. The van der Waals surface area contributed by atoms with Crippen LogP contribution in [0.1, 0.15) is 10.5 Å². The third kappa shape index (κ3) is 1.86. The van der Waals surface area contributed by atoms with Gasteiger partial charge in [-0.25, -0.2) is 9.37 Å². The summed E-state index contributed by atoms with van der Waals surface area (Å²) in [5.74, 6) is 0.0447. The number of halogens is 2. The Morgan fingerprint density at radius 1 is 1.21 bits per heavy atom. The van der Waals surface area contributed by atoms with Gasteiger partial charge in [0.1, 0.15) is 17.3 Å². The molecule has 0 N–H and O–H groups in total. The van der Waals surface area contributed by atoms with Crippen LogP contribution < -0.4 is 0 Å². The Hall–Kier alpha value is -2.01. The molecule has 1 aromatic carbocycles. The zero-order valence-electron chi connectivity index (χ0n) is 9.68. The Morgan fingerprint density at radius 3 is 2.74 bits per heavy atom. The number of imidazole rings is 1. The lowest BCUT2D eigenvalue weighted by Crippen LogP contribution is -1.91. The molecule has 3 rings (SSSR count). The topological polar surface area (TPSA) is 34.4 Å². The highest BCUT2D eigenvalue weighted by atomic mass is 79.9. The lowest BCUT2D eigenvalue weighted by molar-refractivity contribution is 0.112. The number of hydrogen-bond acceptors (Lipinski definition) is 2. The monoisotopic (exact) mass is 318 g/mol. The first-order chi connectivity index (χ1) is 9.22. The van der Waals surface area contributed by atoms with Crippen LogP contribution in [0.15, 0.2) is 47.1 Å². The fourth-order valence-corrected chi connectivity index (χ4v) is 2.59. The highest BCUT2D eigenvalue weighted by Gasteiger charge is 2.16. The molecule has 0 amide bonds. The van der Waals surface area contributed by atoms with Gasteiger partial charge in [0.05, 0.1) is 11.1 Å². The minimum Gasteiger partial charge on any atom is -0.298 e. The minimum atomic E-state index is -0.369. The van der Waals surface area contributed by atoms with Gasteiger partial charge >= 0.3 is 0 Å². The number of nitrogens with zero attached hydrogens (tertiary/aromatic N) is 2. The van der Waals surface area contributed by atoms with Gasteiger partial charge in [-0.2, -0.15) is 0 Å². The van der Waals surface area contributed by atoms with E-state index in [9.17, 15) is 9.18 Å². The van der Waals surface area contributed by atoms with Crippen molar-refractivity contribution in [3.8, 4) is 11.4 Å². The summed E-state index contributed by atoms with van der Waals surface area (Å²) in [5, 5.41) is 0. The SMILES string of the molecule is O=Cc1nc(-c2ccccc2F)n2cccc(Br)c12. The lowest BCUT2D eigenvalue weighted by Gasteiger charge is -2.03. The van der Waals surface area contributed by atoms with Crippen molar-refractivity contribution in [2.24, 2.45) is 0 Å². The van der Waals surface area contributed by atoms with E-state index in [-0.39, 0.29) is 11.5 Å². The van der Waals surface area contributed by atoms with Crippen LogP contribution in [-0.2, 0) is 0 Å². The third-order valence-electron chi connectivity index (χ3n) is 2.87. The van der Waals surface area contributed by atoms with Gasteiger partial charge < -0.3 is 0 Å². The first kappa shape index (κ1) is 12.0. The predicted octanol–water partition coefficient (Wildman–Crippen LogP) is 3.72. The van der Waals surface area contributed by atoms with Crippen LogP contribution >= 0.6 is 15.9 Å². The van der Waals surface area contributed by atoms with Crippen molar-refractivity contribution in [2.75, 3.05) is 0 Å². The fourth-order valence-electron chi connectivity index (χ4n) is 2.04. The molecular weight excluding hydrogens is 311 g/mol. The highest BCUT2D eigenvalue weighted by Crippen LogP contribution is 2.28. The quantitative estimate of drug-likeness (QED) is 0.675. The summed E-state index contributed by atoms with van der Waals surface area (Å²) in [5.41, 5.74) is 1.28. The third-order valence-corrected chi connectivity index (χ3v) is 3.51. The van der Waals surface area contributed by atoms with Crippen molar-refractivity contribution in [1.29, 1.82) is 0 Å². The molecule has 0 saturated carbocycles. The molecule has 0 atom stereocenters. The van der Waals surface area contributed by atoms with Gasteiger partial charge in [0.25, 0.3) is 0 Å². The van der Waals surface area contributed by atoms with Crippen molar-refractivity contribution in [3.63, 3.8) is 0 Å². The molecular formula is C14H8BrFN2O. The van der Waals surface area contributed by atoms with E-state index < -0.39 is 0 Å². The van der Waals surface area contributed by atoms with Crippen LogP contribution in [0.4, 0.5) is 4.39 Å². The molecule has 0 fully saturated rings. The van der Waals surface area contributed by atoms with Crippen LogP contribution in [0.2, 0.25) is 0 Å². The van der Waals surface area contributed by atoms with E-state index in [1.165, 1.54) is 6.07 Å². The Kier molecular flexibility index (Phi) is 2.91. The molecule has 19 heavy (non-hydrogen) atoms. The lowest BCUT2D eigenvalue weighted by atomic mass is 10.2. The fraction of sp³-hybridized carbons (Fsp3) is 0. The molecule has 0 aliphatic carbocycles. The van der Waals surface area contributed by atoms with E-state index in [0.29, 0.717) is 23.2 Å². The first-order valence-corrected chi connectivity index (χ1v) is 6.38. The highest BCUT2D eigenvalue weighted by molar-refractivity contribution is 9.10. The number of fused-ring (bicyclic) bond motifs is 1. The molecule has 0 saturated heterocycles. The minimum absolute atomic E-state index is 0.283. The Balaban J connectivity index is 2.41. The number of rotatable bonds is 2. The van der Waals surface area contributed by atoms with Gasteiger partial charge in [-0.1, -0.05) is 12.1 Å². The van der Waals surface area contributed by atoms with Crippen molar-refractivity contribution in [3.05, 3.63) is 58.6 Å². The van der Waals surface area contributed by atoms with Crippen molar-refractivity contribution in [2.45, 2.75) is 0 Å². The summed E-state index contributed by atoms with van der Waals surface area (Å²) in [7, 11) is 0. The number of hydrogen-bond donors (Lipinski definition) is 0. The van der Waals surface area contributed by atoms with Crippen LogP contribution in [0, 0.1) is 5.82 Å². The molecule has 2 aromatic heterocycles. The van der Waals surface area contributed by atoms with Crippen molar-refractivity contribution >= 4 is 27.7 Å². The zero-order valence-corrected chi connectivity index (χ0v) is 11.3. The standard InChI is InChI=1S/C14H8BrFN2O/c15-10-5-3-7-18-13(10)12(8-19)17-14(18)9-4-1-2-6-11(9)16/h1-8H. The largest absolute Gasteiger partial charge is 0.298 e. The average molecular weight is 319 g/mol. The average Bonchev–Trinajstić information content (AvgIpc) is 2.79. The second kappa shape index (κ2) is 4.59. The number of benzene rings is 1. The molecule has 94 valence electrons. The molecule has 0 aliphatic heterocycles. The molecule has 2 heterocycles. The molecule has 3 aromatic rings. The molecule has 0 radical (unpaired) electrons. The summed E-state index contributed by atoms with van der Waals surface area (Å²) >= 11 is 3.38. The van der Waals surface area contributed by atoms with E-state index in [4.69, 9.17) is 0 Å². The summed E-state index contributed by atoms with van der Waals surface area (Å²) in [6.45, 7) is 0. The van der Waals surface area contributed by atoms with Gasteiger partial charge in [0.15, 0.2) is 6.29 Å². The second-order valence-corrected chi connectivity index (χ2v) is 4.85. The van der Waals surface area contributed by atoms with Gasteiger partial charge in [0.2, 0.25) is 0 Å². The second-order valence-electron chi connectivity index (χ2n) is 3.99. The summed E-state index contributed by atoms with van der Waals surface area (Å²) in [4.78, 5) is 15.3. The van der Waals surface area contributed by atoms with E-state index in [2.05, 4.69) is 20.9 Å². The van der Waals surface area contributed by atoms with Gasteiger partial charge in [0, 0.05) is 10.7 Å². The zero-order chi connectivity index (χ0) is 13.4. The maximum Gasteiger partial charge on any atom is 0.170 e. The van der Waals surface area contributed by atoms with E-state index in [1.807, 2.05) is 6.07 Å². The maximum atomic E-state index is 13.9. The van der Waals surface area contributed by atoms with Gasteiger partial charge in [-0.15, -0.1) is 0 Å². The number of pyridine rings is 1. The first-order valence-electron chi connectivity index (χ1n) is 5.59. The molecule has 0 aliphatic rings. The number of carbonyl (C=O) groups is 1. The van der Waals surface area contributed by atoms with Gasteiger partial charge in [-0.05, 0) is 40.2 Å². The van der Waals surface area contributed by atoms with Crippen LogP contribution in [0.5, 0.6) is 0 Å². The van der Waals surface area contributed by atoms with Crippen molar-refractivity contribution < 1.29 is 9.18 Å². The Bertz CT molecular complexity index is 782. The van der Waals surface area contributed by atoms with Crippen LogP contribution in [-0.4, -0.2) is 15.7 Å². The number of aromatic nitrogens is 2. The Morgan fingerprint density at radius 2 is 2.00 bits per heavy atom. The van der Waals surface area contributed by atoms with Crippen LogP contribution in [0.3, 0.4) is 0 Å². The predicted molar refractivity (Wildman–Crippen MR) is 73.7 cm³/mol. The summed E-state index contributed by atoms with van der Waals surface area (Å²) in [6.07, 6.45) is 2.42. The molecule has 3 nitrogen and oxygen atoms in total. The number of carbonyl (C=O) groups excluding carboxylic acids is 1. The molecule has 0 bridgehead atoms. The van der Waals surface area contributed by atoms with E-state index >= 15 is 0 Å². The van der Waals surface area contributed by atoms with Crippen molar-refractivity contribution in [1.82, 2.24) is 9.38 Å². The van der Waals surface area contributed by atoms with Crippen LogP contribution in [0.25, 0.3) is 16.9 Å². The molecule has 5 heteroatoms. The van der Waals surface area contributed by atoms with E-state index in [1.54, 1.807) is 34.9 Å². The normalized spacial score (nSPS) is 10.8. The molecule has 0 spiro atoms. The van der Waals surface area contributed by atoms with Gasteiger partial charge in [-0.3, -0.25) is 9.20 Å².